The number of hydrogen-bond acceptors (Lipinski definition) is 5. The number of hydrogen-bond donors (Lipinski definition) is 1. The summed E-state index contributed by atoms with van der Waals surface area (Å²) in [6, 6.07) is 0. The van der Waals surface area contributed by atoms with Gasteiger partial charge in [-0.1, -0.05) is 5.21 Å². The van der Waals surface area contributed by atoms with Crippen molar-refractivity contribution >= 4 is 12.1 Å². The maximum Gasteiger partial charge on any atom is 0.410 e. The predicted octanol–water partition coefficient (Wildman–Crippen LogP) is 1.62. The number of carbonyl (C=O) groups excluding carboxylic acids is 1. The molecule has 1 amide bonds. The van der Waals surface area contributed by atoms with E-state index in [1.165, 1.54) is 10.9 Å². The van der Waals surface area contributed by atoms with E-state index in [9.17, 15) is 9.59 Å². The zero-order valence-electron chi connectivity index (χ0n) is 13.2. The maximum atomic E-state index is 12.1. The predicted molar refractivity (Wildman–Crippen MR) is 77.5 cm³/mol. The molecule has 0 unspecified atom stereocenters. The molecule has 1 fully saturated rings. The molecule has 2 heterocycles. The van der Waals surface area contributed by atoms with Gasteiger partial charge in [0.15, 0.2) is 5.69 Å². The van der Waals surface area contributed by atoms with E-state index < -0.39 is 11.6 Å². The Labute approximate surface area is 129 Å². The number of ether oxygens (including phenoxy) is 1. The van der Waals surface area contributed by atoms with Crippen molar-refractivity contribution in [1.82, 2.24) is 19.9 Å². The molecule has 1 aromatic rings. The first kappa shape index (κ1) is 16.3. The Kier molecular flexibility index (Phi) is 4.68. The number of carbonyl (C=O) groups is 2. The van der Waals surface area contributed by atoms with Crippen LogP contribution in [0.15, 0.2) is 6.20 Å². The first-order chi connectivity index (χ1) is 10.2. The lowest BCUT2D eigenvalue weighted by molar-refractivity contribution is 0.0155. The van der Waals surface area contributed by atoms with E-state index in [1.54, 1.807) is 4.90 Å². The fraction of sp³-hybridized carbons (Fsp3) is 0.714. The molecular formula is C14H22N4O4. The molecule has 122 valence electrons. The van der Waals surface area contributed by atoms with Crippen LogP contribution in [0.4, 0.5) is 4.79 Å². The standard InChI is InChI=1S/C14H22N4O4/c1-14(2,3)22-13(21)17-6-4-5-10(7-17)8-18-9-11(12(19)20)15-16-18/h9-10H,4-8H2,1-3H3,(H,19,20)/t10-/m1/s1. The third-order valence-corrected chi connectivity index (χ3v) is 3.37. The van der Waals surface area contributed by atoms with Gasteiger partial charge < -0.3 is 14.7 Å². The first-order valence-corrected chi connectivity index (χ1v) is 7.36. The van der Waals surface area contributed by atoms with Crippen LogP contribution in [0.3, 0.4) is 0 Å². The number of amides is 1. The number of carboxylic acid groups (broad SMARTS) is 1. The minimum Gasteiger partial charge on any atom is -0.476 e. The van der Waals surface area contributed by atoms with E-state index in [1.807, 2.05) is 20.8 Å². The molecule has 1 saturated heterocycles. The van der Waals surface area contributed by atoms with Crippen molar-refractivity contribution < 1.29 is 19.4 Å². The maximum absolute atomic E-state index is 12.1. The highest BCUT2D eigenvalue weighted by Crippen LogP contribution is 2.20. The second-order valence-corrected chi connectivity index (χ2v) is 6.57. The molecule has 0 saturated carbocycles. The van der Waals surface area contributed by atoms with Crippen LogP contribution in [-0.4, -0.2) is 55.8 Å². The van der Waals surface area contributed by atoms with Gasteiger partial charge in [0.2, 0.25) is 0 Å². The van der Waals surface area contributed by atoms with Crippen LogP contribution in [-0.2, 0) is 11.3 Å². The highest BCUT2D eigenvalue weighted by molar-refractivity contribution is 5.84. The molecule has 0 radical (unpaired) electrons. The highest BCUT2D eigenvalue weighted by Gasteiger charge is 2.28. The van der Waals surface area contributed by atoms with Gasteiger partial charge in [-0.2, -0.15) is 0 Å². The Morgan fingerprint density at radius 2 is 2.18 bits per heavy atom. The number of aromatic carboxylic acids is 1. The summed E-state index contributed by atoms with van der Waals surface area (Å²) in [6.07, 6.45) is 2.96. The van der Waals surface area contributed by atoms with Gasteiger partial charge in [0.1, 0.15) is 5.60 Å². The minimum absolute atomic E-state index is 0.0696. The van der Waals surface area contributed by atoms with Crippen LogP contribution < -0.4 is 0 Å². The third kappa shape index (κ3) is 4.44. The summed E-state index contributed by atoms with van der Waals surface area (Å²) in [6.45, 7) is 7.33. The average Bonchev–Trinajstić information content (AvgIpc) is 2.86. The summed E-state index contributed by atoms with van der Waals surface area (Å²) in [5.41, 5.74) is -0.577. The minimum atomic E-state index is -1.09. The van der Waals surface area contributed by atoms with Gasteiger partial charge in [-0.25, -0.2) is 9.59 Å². The van der Waals surface area contributed by atoms with Gasteiger partial charge in [-0.05, 0) is 39.5 Å². The second kappa shape index (κ2) is 6.33. The Balaban J connectivity index is 1.92. The number of aromatic nitrogens is 3. The van der Waals surface area contributed by atoms with E-state index in [2.05, 4.69) is 10.3 Å². The van der Waals surface area contributed by atoms with Crippen molar-refractivity contribution in [2.24, 2.45) is 5.92 Å². The van der Waals surface area contributed by atoms with E-state index >= 15 is 0 Å². The molecular weight excluding hydrogens is 288 g/mol. The first-order valence-electron chi connectivity index (χ1n) is 7.36. The van der Waals surface area contributed by atoms with Gasteiger partial charge in [0.05, 0.1) is 6.20 Å². The van der Waals surface area contributed by atoms with Crippen molar-refractivity contribution in [3.63, 3.8) is 0 Å². The van der Waals surface area contributed by atoms with Crippen molar-refractivity contribution in [3.05, 3.63) is 11.9 Å². The average molecular weight is 310 g/mol. The monoisotopic (exact) mass is 310 g/mol. The van der Waals surface area contributed by atoms with E-state index in [-0.39, 0.29) is 17.7 Å². The van der Waals surface area contributed by atoms with E-state index in [4.69, 9.17) is 9.84 Å². The Hall–Kier alpha value is -2.12. The van der Waals surface area contributed by atoms with Gasteiger partial charge >= 0.3 is 12.1 Å². The summed E-state index contributed by atoms with van der Waals surface area (Å²) in [5.74, 6) is -0.880. The lowest BCUT2D eigenvalue weighted by atomic mass is 9.98. The zero-order chi connectivity index (χ0) is 16.3. The molecule has 1 aromatic heterocycles. The quantitative estimate of drug-likeness (QED) is 0.911. The number of rotatable bonds is 3. The van der Waals surface area contributed by atoms with E-state index in [0.717, 1.165) is 12.8 Å². The van der Waals surface area contributed by atoms with Gasteiger partial charge in [-0.15, -0.1) is 5.10 Å². The third-order valence-electron chi connectivity index (χ3n) is 3.37. The van der Waals surface area contributed by atoms with Gasteiger partial charge in [-0.3, -0.25) is 4.68 Å². The summed E-state index contributed by atoms with van der Waals surface area (Å²) in [7, 11) is 0. The molecule has 0 bridgehead atoms. The zero-order valence-corrected chi connectivity index (χ0v) is 13.2. The Morgan fingerprint density at radius 3 is 2.77 bits per heavy atom. The van der Waals surface area contributed by atoms with Gasteiger partial charge in [0.25, 0.3) is 0 Å². The molecule has 8 heteroatoms. The van der Waals surface area contributed by atoms with Crippen LogP contribution in [0, 0.1) is 5.92 Å². The number of piperidine rings is 1. The molecule has 0 aromatic carbocycles. The molecule has 1 N–H and O–H groups in total. The second-order valence-electron chi connectivity index (χ2n) is 6.57. The fourth-order valence-electron chi connectivity index (χ4n) is 2.46. The van der Waals surface area contributed by atoms with Crippen LogP contribution in [0.1, 0.15) is 44.1 Å². The smallest absolute Gasteiger partial charge is 0.410 e. The molecule has 1 aliphatic heterocycles. The molecule has 1 aliphatic rings. The van der Waals surface area contributed by atoms with Crippen LogP contribution >= 0.6 is 0 Å². The Morgan fingerprint density at radius 1 is 1.45 bits per heavy atom. The van der Waals surface area contributed by atoms with Crippen molar-refractivity contribution in [3.8, 4) is 0 Å². The summed E-state index contributed by atoms with van der Waals surface area (Å²) < 4.78 is 6.91. The highest BCUT2D eigenvalue weighted by atomic mass is 16.6. The number of nitrogens with zero attached hydrogens (tertiary/aromatic N) is 4. The van der Waals surface area contributed by atoms with Crippen LogP contribution in [0.5, 0.6) is 0 Å². The summed E-state index contributed by atoms with van der Waals surface area (Å²) >= 11 is 0. The normalized spacial score (nSPS) is 19.0. The molecule has 22 heavy (non-hydrogen) atoms. The largest absolute Gasteiger partial charge is 0.476 e. The molecule has 0 aliphatic carbocycles. The topological polar surface area (TPSA) is 97.5 Å². The lowest BCUT2D eigenvalue weighted by Crippen LogP contribution is -2.43. The summed E-state index contributed by atoms with van der Waals surface area (Å²) in [4.78, 5) is 24.6. The van der Waals surface area contributed by atoms with Crippen molar-refractivity contribution in [2.45, 2.75) is 45.8 Å². The lowest BCUT2D eigenvalue weighted by Gasteiger charge is -2.34. The van der Waals surface area contributed by atoms with Crippen molar-refractivity contribution in [2.75, 3.05) is 13.1 Å². The molecule has 1 atom stereocenters. The Bertz CT molecular complexity index is 549. The molecule has 2 rings (SSSR count). The van der Waals surface area contributed by atoms with Crippen LogP contribution in [0.25, 0.3) is 0 Å². The van der Waals surface area contributed by atoms with Crippen molar-refractivity contribution in [1.29, 1.82) is 0 Å². The SMILES string of the molecule is CC(C)(C)OC(=O)N1CCC[C@@H](Cn2cc(C(=O)O)nn2)C1. The molecule has 8 nitrogen and oxygen atoms in total. The number of carboxylic acids is 1. The molecule has 0 spiro atoms. The summed E-state index contributed by atoms with van der Waals surface area (Å²) in [5, 5.41) is 16.2. The van der Waals surface area contributed by atoms with E-state index in [0.29, 0.717) is 19.6 Å². The van der Waals surface area contributed by atoms with Gasteiger partial charge in [0, 0.05) is 19.6 Å². The fourth-order valence-corrected chi connectivity index (χ4v) is 2.46. The van der Waals surface area contributed by atoms with Crippen LogP contribution in [0.2, 0.25) is 0 Å². The number of likely N-dealkylation sites (tertiary alicyclic amines) is 1.